The second-order valence-electron chi connectivity index (χ2n) is 8.05. The summed E-state index contributed by atoms with van der Waals surface area (Å²) in [5.41, 5.74) is 3.13. The van der Waals surface area contributed by atoms with Gasteiger partial charge in [0.1, 0.15) is 5.65 Å². The van der Waals surface area contributed by atoms with Crippen LogP contribution < -0.4 is 21.4 Å². The number of rotatable bonds is 5. The van der Waals surface area contributed by atoms with Crippen LogP contribution in [0.4, 0.5) is 17.3 Å². The molecule has 2 aromatic carbocycles. The zero-order valence-corrected chi connectivity index (χ0v) is 19.4. The summed E-state index contributed by atoms with van der Waals surface area (Å²) in [6, 6.07) is 13.6. The van der Waals surface area contributed by atoms with E-state index in [4.69, 9.17) is 23.2 Å². The predicted molar refractivity (Wildman–Crippen MR) is 135 cm³/mol. The van der Waals surface area contributed by atoms with Crippen molar-refractivity contribution in [3.63, 3.8) is 0 Å². The lowest BCUT2D eigenvalue weighted by Gasteiger charge is -2.14. The van der Waals surface area contributed by atoms with E-state index in [9.17, 15) is 4.79 Å². The quantitative estimate of drug-likeness (QED) is 0.379. The van der Waals surface area contributed by atoms with Gasteiger partial charge in [-0.15, -0.1) is 0 Å². The molecule has 0 radical (unpaired) electrons. The number of hydrogen-bond donors (Lipinski definition) is 3. The molecule has 168 valence electrons. The molecule has 2 aromatic heterocycles. The van der Waals surface area contributed by atoms with Gasteiger partial charge in [-0.2, -0.15) is 4.98 Å². The Labute approximate surface area is 200 Å². The van der Waals surface area contributed by atoms with E-state index < -0.39 is 0 Å². The molecule has 7 nitrogen and oxygen atoms in total. The highest BCUT2D eigenvalue weighted by Crippen LogP contribution is 2.33. The van der Waals surface area contributed by atoms with Gasteiger partial charge in [-0.25, -0.2) is 4.98 Å². The van der Waals surface area contributed by atoms with Crippen LogP contribution in [0.5, 0.6) is 0 Å². The maximum absolute atomic E-state index is 13.2. The number of aromatic nitrogens is 3. The standard InChI is InChI=1S/C24H22Cl2N6O/c1-32-13-18(21-19(25)3-2-4-20(21)26)22(33)17-12-28-24(31-23(17)32)30-15-7-5-14(6-8-15)29-16-9-10-27-11-16/h2-8,12-13,16,27,29H,9-11H2,1H3,(H,28,30,31)/t16-/m1/s1. The van der Waals surface area contributed by atoms with E-state index >= 15 is 0 Å². The summed E-state index contributed by atoms with van der Waals surface area (Å²) in [7, 11) is 1.82. The monoisotopic (exact) mass is 480 g/mol. The molecule has 0 aliphatic carbocycles. The molecule has 33 heavy (non-hydrogen) atoms. The molecular weight excluding hydrogens is 459 g/mol. The van der Waals surface area contributed by atoms with E-state index in [-0.39, 0.29) is 5.43 Å². The number of aryl methyl sites for hydroxylation is 1. The number of nitrogens with zero attached hydrogens (tertiary/aromatic N) is 3. The van der Waals surface area contributed by atoms with Gasteiger partial charge in [0.2, 0.25) is 11.4 Å². The number of fused-ring (bicyclic) bond motifs is 1. The second kappa shape index (κ2) is 9.02. The van der Waals surface area contributed by atoms with Crippen molar-refractivity contribution in [3.05, 3.63) is 75.1 Å². The number of hydrogen-bond acceptors (Lipinski definition) is 6. The van der Waals surface area contributed by atoms with E-state index in [2.05, 4.69) is 25.9 Å². The van der Waals surface area contributed by atoms with Gasteiger partial charge in [0.05, 0.1) is 15.4 Å². The lowest BCUT2D eigenvalue weighted by Crippen LogP contribution is -2.21. The van der Waals surface area contributed by atoms with Gasteiger partial charge in [0.15, 0.2) is 0 Å². The van der Waals surface area contributed by atoms with Gasteiger partial charge < -0.3 is 20.5 Å². The summed E-state index contributed by atoms with van der Waals surface area (Å²) < 4.78 is 1.78. The Hall–Kier alpha value is -3.13. The van der Waals surface area contributed by atoms with Crippen molar-refractivity contribution < 1.29 is 0 Å². The molecule has 9 heteroatoms. The fourth-order valence-corrected chi connectivity index (χ4v) is 4.65. The van der Waals surface area contributed by atoms with E-state index in [1.165, 1.54) is 6.20 Å². The molecular formula is C24H22Cl2N6O. The van der Waals surface area contributed by atoms with Gasteiger partial charge in [0, 0.05) is 54.5 Å². The average molecular weight is 481 g/mol. The summed E-state index contributed by atoms with van der Waals surface area (Å²) in [6.45, 7) is 2.03. The normalized spacial score (nSPS) is 15.7. The molecule has 1 aliphatic rings. The number of halogens is 2. The van der Waals surface area contributed by atoms with Gasteiger partial charge in [-0.05, 0) is 49.4 Å². The molecule has 0 spiro atoms. The summed E-state index contributed by atoms with van der Waals surface area (Å²) >= 11 is 12.7. The first kappa shape index (κ1) is 21.7. The average Bonchev–Trinajstić information content (AvgIpc) is 3.31. The summed E-state index contributed by atoms with van der Waals surface area (Å²) in [5.74, 6) is 0.404. The maximum atomic E-state index is 13.2. The third-order valence-corrected chi connectivity index (χ3v) is 6.35. The highest BCUT2D eigenvalue weighted by Gasteiger charge is 2.17. The smallest absolute Gasteiger partial charge is 0.229 e. The Balaban J connectivity index is 1.43. The van der Waals surface area contributed by atoms with Crippen LogP contribution in [0, 0.1) is 0 Å². The molecule has 3 heterocycles. The fourth-order valence-electron chi connectivity index (χ4n) is 4.05. The Kier molecular flexibility index (Phi) is 5.93. The van der Waals surface area contributed by atoms with Crippen LogP contribution >= 0.6 is 23.2 Å². The zero-order valence-electron chi connectivity index (χ0n) is 17.9. The first-order chi connectivity index (χ1) is 16.0. The molecule has 5 rings (SSSR count). The maximum Gasteiger partial charge on any atom is 0.229 e. The van der Waals surface area contributed by atoms with Crippen molar-refractivity contribution in [1.82, 2.24) is 19.9 Å². The molecule has 1 atom stereocenters. The first-order valence-corrected chi connectivity index (χ1v) is 11.4. The SMILES string of the molecule is Cn1cc(-c2c(Cl)cccc2Cl)c(=O)c2cnc(Nc3ccc(N[C@@H]4CCNC4)cc3)nc21. The zero-order chi connectivity index (χ0) is 22.9. The van der Waals surface area contributed by atoms with Crippen molar-refractivity contribution in [3.8, 4) is 11.1 Å². The third-order valence-electron chi connectivity index (χ3n) is 5.72. The van der Waals surface area contributed by atoms with Crippen LogP contribution in [0.15, 0.2) is 59.7 Å². The summed E-state index contributed by atoms with van der Waals surface area (Å²) in [5, 5.41) is 11.3. The van der Waals surface area contributed by atoms with Gasteiger partial charge in [0.25, 0.3) is 0 Å². The highest BCUT2D eigenvalue weighted by atomic mass is 35.5. The largest absolute Gasteiger partial charge is 0.381 e. The molecule has 0 saturated carbocycles. The second-order valence-corrected chi connectivity index (χ2v) is 8.86. The number of anilines is 3. The Morgan fingerprint density at radius 2 is 1.82 bits per heavy atom. The topological polar surface area (TPSA) is 83.9 Å². The van der Waals surface area contributed by atoms with Gasteiger partial charge in [-0.1, -0.05) is 29.3 Å². The van der Waals surface area contributed by atoms with Gasteiger partial charge in [-0.3, -0.25) is 4.79 Å². The van der Waals surface area contributed by atoms with Crippen molar-refractivity contribution in [2.45, 2.75) is 12.5 Å². The third kappa shape index (κ3) is 4.39. The Morgan fingerprint density at radius 3 is 2.52 bits per heavy atom. The van der Waals surface area contributed by atoms with Gasteiger partial charge >= 0.3 is 0 Å². The van der Waals surface area contributed by atoms with E-state index in [0.717, 1.165) is 30.9 Å². The molecule has 1 saturated heterocycles. The van der Waals surface area contributed by atoms with Crippen LogP contribution in [0.2, 0.25) is 10.0 Å². The molecule has 0 bridgehead atoms. The minimum atomic E-state index is -0.221. The molecule has 3 N–H and O–H groups in total. The lowest BCUT2D eigenvalue weighted by atomic mass is 10.1. The number of nitrogens with one attached hydrogen (secondary N) is 3. The molecule has 1 fully saturated rings. The van der Waals surface area contributed by atoms with Crippen LogP contribution in [-0.4, -0.2) is 33.7 Å². The molecule has 0 unspecified atom stereocenters. The predicted octanol–water partition coefficient (Wildman–Crippen LogP) is 4.82. The summed E-state index contributed by atoms with van der Waals surface area (Å²) in [4.78, 5) is 22.1. The van der Waals surface area contributed by atoms with Crippen LogP contribution in [0.3, 0.4) is 0 Å². The van der Waals surface area contributed by atoms with Crippen molar-refractivity contribution in [2.24, 2.45) is 7.05 Å². The minimum Gasteiger partial charge on any atom is -0.381 e. The highest BCUT2D eigenvalue weighted by molar-refractivity contribution is 6.39. The lowest BCUT2D eigenvalue weighted by molar-refractivity contribution is 0.793. The van der Waals surface area contributed by atoms with Crippen molar-refractivity contribution in [1.29, 1.82) is 0 Å². The Morgan fingerprint density at radius 1 is 1.09 bits per heavy atom. The molecule has 4 aromatic rings. The number of pyridine rings is 1. The minimum absolute atomic E-state index is 0.221. The first-order valence-electron chi connectivity index (χ1n) is 10.6. The van der Waals surface area contributed by atoms with Crippen LogP contribution in [0.1, 0.15) is 6.42 Å². The van der Waals surface area contributed by atoms with Crippen molar-refractivity contribution >= 4 is 51.6 Å². The number of benzene rings is 2. The van der Waals surface area contributed by atoms with Crippen LogP contribution in [-0.2, 0) is 7.05 Å². The summed E-state index contributed by atoms with van der Waals surface area (Å²) in [6.07, 6.45) is 4.35. The van der Waals surface area contributed by atoms with E-state index in [0.29, 0.717) is 44.2 Å². The molecule has 1 aliphatic heterocycles. The van der Waals surface area contributed by atoms with Crippen molar-refractivity contribution in [2.75, 3.05) is 23.7 Å². The molecule has 0 amide bonds. The fraction of sp³-hybridized carbons (Fsp3) is 0.208. The van der Waals surface area contributed by atoms with E-state index in [1.807, 2.05) is 31.3 Å². The Bertz CT molecular complexity index is 1360. The van der Waals surface area contributed by atoms with E-state index in [1.54, 1.807) is 29.0 Å². The van der Waals surface area contributed by atoms with Crippen LogP contribution in [0.25, 0.3) is 22.2 Å².